The first-order valence-electron chi connectivity index (χ1n) is 10.6. The van der Waals surface area contributed by atoms with Crippen LogP contribution in [0.2, 0.25) is 5.02 Å². The molecule has 1 N–H and O–H groups in total. The van der Waals surface area contributed by atoms with Gasteiger partial charge in [-0.05, 0) is 64.5 Å². The second-order valence-electron chi connectivity index (χ2n) is 7.68. The molecular formula is C26H17Br2ClN2O6. The molecule has 1 heterocycles. The van der Waals surface area contributed by atoms with E-state index in [1.54, 1.807) is 24.3 Å². The minimum absolute atomic E-state index is 0.132. The van der Waals surface area contributed by atoms with Crippen LogP contribution in [0.3, 0.4) is 0 Å². The van der Waals surface area contributed by atoms with E-state index in [4.69, 9.17) is 16.3 Å². The average molecular weight is 649 g/mol. The molecule has 1 fully saturated rings. The molecule has 0 bridgehead atoms. The molecule has 1 saturated heterocycles. The van der Waals surface area contributed by atoms with Crippen LogP contribution in [0.15, 0.2) is 75.2 Å². The quantitative estimate of drug-likeness (QED) is 0.203. The maximum absolute atomic E-state index is 13.3. The summed E-state index contributed by atoms with van der Waals surface area (Å²) >= 11 is 13.1. The maximum atomic E-state index is 13.3. The lowest BCUT2D eigenvalue weighted by atomic mass is 10.1. The van der Waals surface area contributed by atoms with Crippen molar-refractivity contribution in [2.75, 3.05) is 12.0 Å². The van der Waals surface area contributed by atoms with E-state index in [0.29, 0.717) is 25.3 Å². The van der Waals surface area contributed by atoms with Gasteiger partial charge in [-0.25, -0.2) is 14.5 Å². The smallest absolute Gasteiger partial charge is 0.337 e. The number of esters is 1. The number of rotatable bonds is 6. The Balaban J connectivity index is 1.70. The molecule has 3 aromatic rings. The normalized spacial score (nSPS) is 14.5. The number of anilines is 1. The Morgan fingerprint density at radius 3 is 2.43 bits per heavy atom. The zero-order valence-electron chi connectivity index (χ0n) is 19.1. The van der Waals surface area contributed by atoms with Gasteiger partial charge in [0.25, 0.3) is 11.8 Å². The molecule has 0 aromatic heterocycles. The molecule has 0 unspecified atom stereocenters. The number of urea groups is 1. The van der Waals surface area contributed by atoms with Crippen molar-refractivity contribution in [3.8, 4) is 5.75 Å². The number of hydrogen-bond acceptors (Lipinski definition) is 6. The molecule has 4 rings (SSSR count). The summed E-state index contributed by atoms with van der Waals surface area (Å²) in [7, 11) is 1.24. The second kappa shape index (κ2) is 11.3. The largest absolute Gasteiger partial charge is 0.487 e. The van der Waals surface area contributed by atoms with Crippen molar-refractivity contribution < 1.29 is 28.7 Å². The third kappa shape index (κ3) is 5.76. The number of carbonyl (C=O) groups excluding carboxylic acids is 4. The highest BCUT2D eigenvalue weighted by Crippen LogP contribution is 2.36. The predicted octanol–water partition coefficient (Wildman–Crippen LogP) is 5.90. The van der Waals surface area contributed by atoms with Gasteiger partial charge in [0.1, 0.15) is 17.9 Å². The van der Waals surface area contributed by atoms with Crippen molar-refractivity contribution in [1.82, 2.24) is 5.32 Å². The van der Waals surface area contributed by atoms with Crippen molar-refractivity contribution in [1.29, 1.82) is 0 Å². The van der Waals surface area contributed by atoms with Gasteiger partial charge < -0.3 is 9.47 Å². The Kier molecular flexibility index (Phi) is 8.11. The van der Waals surface area contributed by atoms with Crippen LogP contribution in [0.1, 0.15) is 21.5 Å². The number of nitrogens with zero attached hydrogens (tertiary/aromatic N) is 1. The fourth-order valence-electron chi connectivity index (χ4n) is 3.52. The highest BCUT2D eigenvalue weighted by molar-refractivity contribution is 9.11. The van der Waals surface area contributed by atoms with Gasteiger partial charge in [0, 0.05) is 20.6 Å². The van der Waals surface area contributed by atoms with Crippen LogP contribution in [0, 0.1) is 0 Å². The Morgan fingerprint density at radius 2 is 1.76 bits per heavy atom. The minimum atomic E-state index is -0.913. The topological polar surface area (TPSA) is 102 Å². The van der Waals surface area contributed by atoms with Crippen LogP contribution in [0.25, 0.3) is 6.08 Å². The van der Waals surface area contributed by atoms with Crippen LogP contribution in [0.4, 0.5) is 10.5 Å². The fourth-order valence-corrected chi connectivity index (χ4v) is 5.08. The molecule has 188 valence electrons. The van der Waals surface area contributed by atoms with Crippen molar-refractivity contribution in [3.05, 3.63) is 96.9 Å². The Morgan fingerprint density at radius 1 is 1.05 bits per heavy atom. The summed E-state index contributed by atoms with van der Waals surface area (Å²) in [6.45, 7) is 0.132. The monoisotopic (exact) mass is 646 g/mol. The van der Waals surface area contributed by atoms with Gasteiger partial charge in [-0.2, -0.15) is 0 Å². The number of imide groups is 2. The average Bonchev–Trinajstić information content (AvgIpc) is 2.86. The van der Waals surface area contributed by atoms with E-state index in [-0.39, 0.29) is 23.4 Å². The Bertz CT molecular complexity index is 1460. The molecule has 3 aromatic carbocycles. The van der Waals surface area contributed by atoms with E-state index in [9.17, 15) is 19.2 Å². The summed E-state index contributed by atoms with van der Waals surface area (Å²) < 4.78 is 11.9. The Labute approximate surface area is 233 Å². The molecule has 0 radical (unpaired) electrons. The highest BCUT2D eigenvalue weighted by atomic mass is 79.9. The first-order valence-corrected chi connectivity index (χ1v) is 12.6. The van der Waals surface area contributed by atoms with Crippen LogP contribution in [0.5, 0.6) is 5.75 Å². The second-order valence-corrected chi connectivity index (χ2v) is 9.86. The lowest BCUT2D eigenvalue weighted by molar-refractivity contribution is -0.122. The fraction of sp³-hybridized carbons (Fsp3) is 0.0769. The number of carbonyl (C=O) groups is 4. The molecule has 0 aliphatic carbocycles. The van der Waals surface area contributed by atoms with Crippen molar-refractivity contribution in [2.24, 2.45) is 0 Å². The van der Waals surface area contributed by atoms with Crippen LogP contribution in [-0.2, 0) is 20.9 Å². The minimum Gasteiger partial charge on any atom is -0.487 e. The number of methoxy groups -OCH3 is 1. The zero-order chi connectivity index (χ0) is 26.7. The van der Waals surface area contributed by atoms with Crippen molar-refractivity contribution in [3.63, 3.8) is 0 Å². The predicted molar refractivity (Wildman–Crippen MR) is 144 cm³/mol. The van der Waals surface area contributed by atoms with E-state index in [2.05, 4.69) is 41.9 Å². The van der Waals surface area contributed by atoms with Crippen molar-refractivity contribution in [2.45, 2.75) is 6.61 Å². The molecular weight excluding hydrogens is 632 g/mol. The van der Waals surface area contributed by atoms with Crippen LogP contribution in [-0.4, -0.2) is 30.9 Å². The third-order valence-electron chi connectivity index (χ3n) is 5.32. The van der Waals surface area contributed by atoms with E-state index in [0.717, 1.165) is 10.5 Å². The summed E-state index contributed by atoms with van der Waals surface area (Å²) in [5, 5.41) is 2.71. The van der Waals surface area contributed by atoms with Crippen molar-refractivity contribution >= 4 is 79.0 Å². The number of ether oxygens (including phenoxy) is 2. The first-order chi connectivity index (χ1) is 17.7. The number of halogens is 3. The lowest BCUT2D eigenvalue weighted by Crippen LogP contribution is -2.54. The van der Waals surface area contributed by atoms with E-state index in [1.807, 2.05) is 12.1 Å². The summed E-state index contributed by atoms with van der Waals surface area (Å²) in [5.74, 6) is -1.90. The third-order valence-corrected chi connectivity index (χ3v) is 6.73. The molecule has 0 spiro atoms. The van der Waals surface area contributed by atoms with Gasteiger partial charge in [-0.15, -0.1) is 0 Å². The van der Waals surface area contributed by atoms with Gasteiger partial charge in [-0.3, -0.25) is 14.9 Å². The number of amides is 4. The maximum Gasteiger partial charge on any atom is 0.337 e. The molecule has 4 amide bonds. The molecule has 37 heavy (non-hydrogen) atoms. The van der Waals surface area contributed by atoms with E-state index < -0.39 is 23.8 Å². The molecule has 0 saturated carbocycles. The summed E-state index contributed by atoms with van der Waals surface area (Å²) in [5.41, 5.74) is 1.27. The van der Waals surface area contributed by atoms with Gasteiger partial charge in [0.2, 0.25) is 0 Å². The molecule has 11 heteroatoms. The summed E-state index contributed by atoms with van der Waals surface area (Å²) in [6.07, 6.45) is 1.34. The van der Waals surface area contributed by atoms with Crippen LogP contribution >= 0.6 is 43.5 Å². The first kappa shape index (κ1) is 26.6. The molecule has 0 atom stereocenters. The van der Waals surface area contributed by atoms with Gasteiger partial charge in [0.05, 0.1) is 22.8 Å². The van der Waals surface area contributed by atoms with Gasteiger partial charge >= 0.3 is 12.0 Å². The van der Waals surface area contributed by atoms with Gasteiger partial charge in [0.15, 0.2) is 0 Å². The summed E-state index contributed by atoms with van der Waals surface area (Å²) in [6, 6.07) is 15.4. The highest BCUT2D eigenvalue weighted by Gasteiger charge is 2.37. The SMILES string of the molecule is COC(=O)c1ccc(N2C(=O)NC(=O)/C(=C\c3cc(Br)cc(Br)c3OCc3ccccc3Cl)C2=O)cc1. The number of hydrogen-bond donors (Lipinski definition) is 1. The van der Waals surface area contributed by atoms with E-state index >= 15 is 0 Å². The number of benzene rings is 3. The standard InChI is InChI=1S/C26H17Br2ClN2O6/c1-36-25(34)14-6-8-18(9-7-14)31-24(33)19(23(32)30-26(31)35)11-16-10-17(27)12-20(28)22(16)37-13-15-4-2-3-5-21(15)29/h2-12H,13H2,1H3,(H,30,32,35)/b19-11+. The van der Waals surface area contributed by atoms with E-state index in [1.165, 1.54) is 37.5 Å². The van der Waals surface area contributed by atoms with Crippen LogP contribution < -0.4 is 15.0 Å². The molecule has 8 nitrogen and oxygen atoms in total. The number of nitrogens with one attached hydrogen (secondary N) is 1. The lowest BCUT2D eigenvalue weighted by Gasteiger charge is -2.26. The number of barbiturate groups is 1. The van der Waals surface area contributed by atoms with Gasteiger partial charge in [-0.1, -0.05) is 45.7 Å². The molecule has 1 aliphatic rings. The molecule has 1 aliphatic heterocycles. The summed E-state index contributed by atoms with van der Waals surface area (Å²) in [4.78, 5) is 51.1. The Hall–Kier alpha value is -3.47. The zero-order valence-corrected chi connectivity index (χ0v) is 23.0.